The molecule has 0 aromatic rings. The number of amides is 2. The number of nitrogens with one attached hydrogen (secondary N) is 1. The fraction of sp³-hybridized carbons (Fsp3) is 0.905. The van der Waals surface area contributed by atoms with Gasteiger partial charge in [-0.15, -0.1) is 12.4 Å². The molecule has 27 heavy (non-hydrogen) atoms. The summed E-state index contributed by atoms with van der Waals surface area (Å²) in [5.74, 6) is 1.81. The van der Waals surface area contributed by atoms with Crippen molar-refractivity contribution < 1.29 is 9.59 Å². The van der Waals surface area contributed by atoms with Crippen molar-refractivity contribution in [2.24, 2.45) is 17.8 Å². The van der Waals surface area contributed by atoms with E-state index in [4.69, 9.17) is 0 Å². The smallest absolute Gasteiger partial charge is 0.236 e. The highest BCUT2D eigenvalue weighted by Crippen LogP contribution is 2.33. The van der Waals surface area contributed by atoms with Gasteiger partial charge in [0.2, 0.25) is 11.8 Å². The minimum atomic E-state index is 0. The molecule has 0 spiro atoms. The molecule has 2 unspecified atom stereocenters. The molecule has 156 valence electrons. The van der Waals surface area contributed by atoms with E-state index in [1.165, 1.54) is 32.1 Å². The summed E-state index contributed by atoms with van der Waals surface area (Å²) >= 11 is 0. The summed E-state index contributed by atoms with van der Waals surface area (Å²) in [6.45, 7) is 8.09. The lowest BCUT2D eigenvalue weighted by molar-refractivity contribution is -0.144. The van der Waals surface area contributed by atoms with Crippen LogP contribution in [0.4, 0.5) is 0 Å². The number of piperazine rings is 1. The fourth-order valence-electron chi connectivity index (χ4n) is 5.09. The number of carbonyl (C=O) groups excluding carboxylic acids is 2. The van der Waals surface area contributed by atoms with Crippen LogP contribution in [0.3, 0.4) is 0 Å². The maximum absolute atomic E-state index is 13.3. The van der Waals surface area contributed by atoms with Gasteiger partial charge in [-0.3, -0.25) is 9.59 Å². The summed E-state index contributed by atoms with van der Waals surface area (Å²) in [7, 11) is 0. The molecule has 0 aromatic carbocycles. The van der Waals surface area contributed by atoms with Crippen molar-refractivity contribution in [2.75, 3.05) is 32.7 Å². The van der Waals surface area contributed by atoms with Crippen LogP contribution >= 0.6 is 12.4 Å². The second-order valence-electron chi connectivity index (χ2n) is 8.93. The minimum absolute atomic E-state index is 0. The molecule has 2 aliphatic heterocycles. The zero-order valence-electron chi connectivity index (χ0n) is 17.1. The molecule has 3 fully saturated rings. The molecule has 1 N–H and O–H groups in total. The van der Waals surface area contributed by atoms with Gasteiger partial charge in [0.05, 0.1) is 6.54 Å². The van der Waals surface area contributed by atoms with E-state index in [-0.39, 0.29) is 30.3 Å². The Kier molecular flexibility index (Phi) is 8.87. The van der Waals surface area contributed by atoms with E-state index < -0.39 is 0 Å². The second-order valence-corrected chi connectivity index (χ2v) is 8.93. The zero-order valence-corrected chi connectivity index (χ0v) is 17.9. The van der Waals surface area contributed by atoms with Gasteiger partial charge in [0.25, 0.3) is 0 Å². The first-order chi connectivity index (χ1) is 12.6. The maximum Gasteiger partial charge on any atom is 0.236 e. The third-order valence-electron chi connectivity index (χ3n) is 6.71. The van der Waals surface area contributed by atoms with Crippen LogP contribution in [0.5, 0.6) is 0 Å². The summed E-state index contributed by atoms with van der Waals surface area (Å²) in [6.07, 6.45) is 9.74. The number of piperidine rings is 1. The Labute approximate surface area is 171 Å². The molecule has 6 heteroatoms. The average molecular weight is 400 g/mol. The van der Waals surface area contributed by atoms with Crippen LogP contribution in [0.2, 0.25) is 0 Å². The van der Waals surface area contributed by atoms with E-state index in [0.717, 1.165) is 51.4 Å². The van der Waals surface area contributed by atoms with Crippen molar-refractivity contribution in [1.82, 2.24) is 15.1 Å². The van der Waals surface area contributed by atoms with Crippen molar-refractivity contribution in [3.63, 3.8) is 0 Å². The molecule has 1 saturated carbocycles. The predicted molar refractivity (Wildman–Crippen MR) is 111 cm³/mol. The lowest BCUT2D eigenvalue weighted by Gasteiger charge is -2.42. The molecule has 3 aliphatic rings. The highest BCUT2D eigenvalue weighted by Gasteiger charge is 2.35. The minimum Gasteiger partial charge on any atom is -0.340 e. The molecule has 2 saturated heterocycles. The Balaban J connectivity index is 0.00000261. The number of halogens is 1. The van der Waals surface area contributed by atoms with Crippen LogP contribution in [0.25, 0.3) is 0 Å². The number of hydrogen-bond donors (Lipinski definition) is 1. The van der Waals surface area contributed by atoms with Gasteiger partial charge in [0, 0.05) is 38.1 Å². The van der Waals surface area contributed by atoms with Crippen molar-refractivity contribution >= 4 is 24.2 Å². The lowest BCUT2D eigenvalue weighted by Crippen LogP contribution is -2.58. The van der Waals surface area contributed by atoms with Crippen LogP contribution in [0.1, 0.15) is 65.2 Å². The quantitative estimate of drug-likeness (QED) is 0.772. The van der Waals surface area contributed by atoms with E-state index in [9.17, 15) is 9.59 Å². The highest BCUT2D eigenvalue weighted by atomic mass is 35.5. The molecule has 0 bridgehead atoms. The SMILES string of the molecule is CC(C)C(CC1CCCCC1)C(=O)N1CCCC(N2CCNCC2=O)C1.Cl. The third-order valence-corrected chi connectivity index (χ3v) is 6.71. The number of nitrogens with zero attached hydrogens (tertiary/aromatic N) is 2. The van der Waals surface area contributed by atoms with Gasteiger partial charge in [0.1, 0.15) is 0 Å². The van der Waals surface area contributed by atoms with Gasteiger partial charge >= 0.3 is 0 Å². The summed E-state index contributed by atoms with van der Waals surface area (Å²) < 4.78 is 0. The van der Waals surface area contributed by atoms with E-state index in [2.05, 4.69) is 24.1 Å². The average Bonchev–Trinajstić information content (AvgIpc) is 2.66. The van der Waals surface area contributed by atoms with Gasteiger partial charge in [0.15, 0.2) is 0 Å². The molecule has 0 aromatic heterocycles. The third kappa shape index (κ3) is 5.83. The van der Waals surface area contributed by atoms with Crippen LogP contribution in [0, 0.1) is 17.8 Å². The molecular weight excluding hydrogens is 362 g/mol. The van der Waals surface area contributed by atoms with E-state index in [0.29, 0.717) is 18.4 Å². The zero-order chi connectivity index (χ0) is 18.5. The van der Waals surface area contributed by atoms with Gasteiger partial charge in [-0.05, 0) is 31.1 Å². The Morgan fingerprint density at radius 3 is 2.52 bits per heavy atom. The van der Waals surface area contributed by atoms with Crippen LogP contribution in [-0.4, -0.2) is 60.4 Å². The monoisotopic (exact) mass is 399 g/mol. The summed E-state index contributed by atoms with van der Waals surface area (Å²) in [5.41, 5.74) is 0. The highest BCUT2D eigenvalue weighted by molar-refractivity contribution is 5.85. The van der Waals surface area contributed by atoms with E-state index in [1.807, 2.05) is 4.90 Å². The first kappa shape index (κ1) is 22.5. The van der Waals surface area contributed by atoms with Gasteiger partial charge < -0.3 is 15.1 Å². The molecule has 2 heterocycles. The number of likely N-dealkylation sites (tertiary alicyclic amines) is 1. The largest absolute Gasteiger partial charge is 0.340 e. The topological polar surface area (TPSA) is 52.7 Å². The maximum atomic E-state index is 13.3. The van der Waals surface area contributed by atoms with E-state index >= 15 is 0 Å². The first-order valence-electron chi connectivity index (χ1n) is 10.8. The summed E-state index contributed by atoms with van der Waals surface area (Å²) in [4.78, 5) is 29.7. The van der Waals surface area contributed by atoms with Crippen molar-refractivity contribution in [2.45, 2.75) is 71.3 Å². The molecule has 2 atom stereocenters. The number of rotatable bonds is 5. The number of hydrogen-bond acceptors (Lipinski definition) is 3. The second kappa shape index (κ2) is 10.7. The fourth-order valence-corrected chi connectivity index (χ4v) is 5.09. The first-order valence-corrected chi connectivity index (χ1v) is 10.8. The summed E-state index contributed by atoms with van der Waals surface area (Å²) in [6, 6.07) is 0.213. The van der Waals surface area contributed by atoms with E-state index in [1.54, 1.807) is 0 Å². The van der Waals surface area contributed by atoms with Crippen molar-refractivity contribution in [1.29, 1.82) is 0 Å². The Morgan fingerprint density at radius 1 is 1.11 bits per heavy atom. The van der Waals surface area contributed by atoms with Crippen LogP contribution in [-0.2, 0) is 9.59 Å². The predicted octanol–water partition coefficient (Wildman–Crippen LogP) is 3.07. The molecular formula is C21H38ClN3O2. The normalized spacial score (nSPS) is 26.0. The van der Waals surface area contributed by atoms with Crippen LogP contribution in [0.15, 0.2) is 0 Å². The molecule has 5 nitrogen and oxygen atoms in total. The number of carbonyl (C=O) groups is 2. The Bertz CT molecular complexity index is 494. The molecule has 0 radical (unpaired) electrons. The molecule has 3 rings (SSSR count). The van der Waals surface area contributed by atoms with Gasteiger partial charge in [-0.2, -0.15) is 0 Å². The van der Waals surface area contributed by atoms with Crippen molar-refractivity contribution in [3.8, 4) is 0 Å². The Hall–Kier alpha value is -0.810. The van der Waals surface area contributed by atoms with Gasteiger partial charge in [-0.25, -0.2) is 0 Å². The standard InChI is InChI=1S/C21H37N3O2.ClH/c1-16(2)19(13-17-7-4-3-5-8-17)21(26)23-11-6-9-18(15-23)24-12-10-22-14-20(24)25;/h16-19,22H,3-15H2,1-2H3;1H. The summed E-state index contributed by atoms with van der Waals surface area (Å²) in [5, 5.41) is 3.14. The lowest BCUT2D eigenvalue weighted by atomic mass is 9.78. The van der Waals surface area contributed by atoms with Crippen molar-refractivity contribution in [3.05, 3.63) is 0 Å². The Morgan fingerprint density at radius 2 is 1.85 bits per heavy atom. The molecule has 1 aliphatic carbocycles. The van der Waals surface area contributed by atoms with Gasteiger partial charge in [-0.1, -0.05) is 46.0 Å². The molecule has 2 amide bonds. The van der Waals surface area contributed by atoms with Crippen LogP contribution < -0.4 is 5.32 Å².